The number of carbonyl (C=O) groups excluding carboxylic acids is 2. The first-order chi connectivity index (χ1) is 23.8. The van der Waals surface area contributed by atoms with Crippen LogP contribution in [0.2, 0.25) is 0 Å². The molecule has 1 aliphatic rings. The maximum atomic E-state index is 13.5. The molecule has 1 fully saturated rings. The zero-order chi connectivity index (χ0) is 35.9. The zero-order valence-electron chi connectivity index (χ0n) is 26.9. The number of ether oxygens (including phenoxy) is 2. The van der Waals surface area contributed by atoms with Crippen LogP contribution in [0.25, 0.3) is 16.9 Å². The van der Waals surface area contributed by atoms with Gasteiger partial charge >= 0.3 is 18.2 Å². The molecule has 0 radical (unpaired) electrons. The zero-order valence-corrected chi connectivity index (χ0v) is 27.7. The molecule has 4 aromatic rings. The molecule has 17 heteroatoms. The van der Waals surface area contributed by atoms with Crippen LogP contribution in [0.1, 0.15) is 41.4 Å². The molecular formula is C33H33F3N6O7S. The lowest BCUT2D eigenvalue weighted by Gasteiger charge is -2.28. The Hall–Kier alpha value is -5.45. The fraction of sp³-hybridized carbons (Fsp3) is 0.303. The summed E-state index contributed by atoms with van der Waals surface area (Å²) in [7, 11) is -4.36. The summed E-state index contributed by atoms with van der Waals surface area (Å²) < 4.78 is 79.6. The monoisotopic (exact) mass is 714 g/mol. The van der Waals surface area contributed by atoms with E-state index in [0.717, 1.165) is 28.4 Å². The molecule has 1 aliphatic heterocycles. The fourth-order valence-corrected chi connectivity index (χ4v) is 5.82. The van der Waals surface area contributed by atoms with Crippen LogP contribution >= 0.6 is 0 Å². The summed E-state index contributed by atoms with van der Waals surface area (Å²) in [6, 6.07) is 21.1. The van der Waals surface area contributed by atoms with Crippen molar-refractivity contribution in [2.45, 2.75) is 44.1 Å². The molecule has 5 rings (SSSR count). The highest BCUT2D eigenvalue weighted by molar-refractivity contribution is 7.90. The molecule has 1 saturated heterocycles. The topological polar surface area (TPSA) is 154 Å². The van der Waals surface area contributed by atoms with Gasteiger partial charge in [0.2, 0.25) is 0 Å². The van der Waals surface area contributed by atoms with E-state index in [4.69, 9.17) is 14.3 Å². The van der Waals surface area contributed by atoms with E-state index < -0.39 is 40.2 Å². The van der Waals surface area contributed by atoms with Crippen LogP contribution in [-0.4, -0.2) is 61.3 Å². The van der Waals surface area contributed by atoms with E-state index in [-0.39, 0.29) is 28.8 Å². The number of esters is 1. The van der Waals surface area contributed by atoms with Crippen molar-refractivity contribution < 1.29 is 45.5 Å². The van der Waals surface area contributed by atoms with Crippen LogP contribution in [0.15, 0.2) is 100 Å². The molecular weight excluding hydrogens is 681 g/mol. The van der Waals surface area contributed by atoms with E-state index >= 15 is 0 Å². The molecule has 1 N–H and O–H groups in total. The van der Waals surface area contributed by atoms with Crippen molar-refractivity contribution in [2.75, 3.05) is 19.7 Å². The van der Waals surface area contributed by atoms with Gasteiger partial charge in [-0.15, -0.1) is 0 Å². The normalized spacial score (nSPS) is 14.7. The molecule has 2 heterocycles. The molecule has 0 spiro atoms. The minimum Gasteiger partial charge on any atom is -0.449 e. The van der Waals surface area contributed by atoms with Crippen molar-refractivity contribution in [3.63, 3.8) is 0 Å². The average Bonchev–Trinajstić information content (AvgIpc) is 3.55. The van der Waals surface area contributed by atoms with Gasteiger partial charge in [-0.05, 0) is 73.4 Å². The third-order valence-electron chi connectivity index (χ3n) is 7.64. The van der Waals surface area contributed by atoms with E-state index in [1.165, 1.54) is 19.1 Å². The van der Waals surface area contributed by atoms with Gasteiger partial charge < -0.3 is 14.3 Å². The molecule has 1 unspecified atom stereocenters. The smallest absolute Gasteiger partial charge is 0.435 e. The van der Waals surface area contributed by atoms with Crippen LogP contribution in [0.4, 0.5) is 18.0 Å². The molecule has 0 saturated carbocycles. The van der Waals surface area contributed by atoms with Crippen molar-refractivity contribution >= 4 is 22.1 Å². The van der Waals surface area contributed by atoms with Gasteiger partial charge in [0.1, 0.15) is 0 Å². The number of nitrogens with one attached hydrogen (secondary N) is 1. The van der Waals surface area contributed by atoms with Gasteiger partial charge in [0.25, 0.3) is 16.3 Å². The van der Waals surface area contributed by atoms with Crippen LogP contribution < -0.4 is 4.72 Å². The number of aryl methyl sites for hydroxylation is 1. The number of hydrogen-bond donors (Lipinski definition) is 1. The number of hydrogen-bond acceptors (Lipinski definition) is 10. The molecule has 0 aliphatic carbocycles. The maximum absolute atomic E-state index is 13.5. The molecule has 1 atom stereocenters. The second-order valence-corrected chi connectivity index (χ2v) is 13.1. The summed E-state index contributed by atoms with van der Waals surface area (Å²) >= 11 is 0. The van der Waals surface area contributed by atoms with Gasteiger partial charge in [0.05, 0.1) is 28.4 Å². The van der Waals surface area contributed by atoms with Crippen LogP contribution in [-0.2, 0) is 30.5 Å². The number of rotatable bonds is 11. The van der Waals surface area contributed by atoms with Gasteiger partial charge in [-0.25, -0.2) is 27.4 Å². The Morgan fingerprint density at radius 1 is 1.00 bits per heavy atom. The van der Waals surface area contributed by atoms with E-state index in [1.807, 2.05) is 11.6 Å². The molecule has 0 bridgehead atoms. The standard InChI is InChI=1S/C33H33F3N6O7S/c1-22-8-10-25(11-9-22)29-20-30(33(34,35)36)37-42(29)27-12-14-28(15-13-27)50(45,46)38-32(44)47-21-24-16-18-41(19-17-24)39-40-49-23(2)48-31(43)26-6-4-3-5-7-26/h3-15,20,23-24H,16-19,21H2,1-2H3,(H,38,44)/b40-39-. The predicted molar refractivity (Wildman–Crippen MR) is 172 cm³/mol. The Morgan fingerprint density at radius 2 is 1.66 bits per heavy atom. The summed E-state index contributed by atoms with van der Waals surface area (Å²) in [5, 5.41) is 12.9. The highest BCUT2D eigenvalue weighted by Gasteiger charge is 2.35. The van der Waals surface area contributed by atoms with Gasteiger partial charge in [0.15, 0.2) is 5.69 Å². The van der Waals surface area contributed by atoms with Gasteiger partial charge in [-0.2, -0.15) is 18.3 Å². The number of aromatic nitrogens is 2. The quantitative estimate of drug-likeness (QED) is 0.0794. The van der Waals surface area contributed by atoms with Crippen molar-refractivity contribution in [1.29, 1.82) is 0 Å². The number of alkyl halides is 3. The second-order valence-electron chi connectivity index (χ2n) is 11.4. The van der Waals surface area contributed by atoms with Crippen molar-refractivity contribution in [2.24, 2.45) is 16.4 Å². The Balaban J connectivity index is 1.09. The number of benzene rings is 3. The highest BCUT2D eigenvalue weighted by atomic mass is 32.2. The molecule has 13 nitrogen and oxygen atoms in total. The Kier molecular flexibility index (Phi) is 11.0. The second kappa shape index (κ2) is 15.4. The Labute approximate surface area is 285 Å². The average molecular weight is 715 g/mol. The molecule has 50 heavy (non-hydrogen) atoms. The molecule has 1 aromatic heterocycles. The first-order valence-electron chi connectivity index (χ1n) is 15.4. The number of amides is 1. The third-order valence-corrected chi connectivity index (χ3v) is 8.97. The summed E-state index contributed by atoms with van der Waals surface area (Å²) in [4.78, 5) is 29.2. The lowest BCUT2D eigenvalue weighted by atomic mass is 9.99. The molecule has 1 amide bonds. The lowest BCUT2D eigenvalue weighted by Crippen LogP contribution is -2.35. The van der Waals surface area contributed by atoms with E-state index in [1.54, 1.807) is 59.6 Å². The van der Waals surface area contributed by atoms with Crippen LogP contribution in [0.3, 0.4) is 0 Å². The van der Waals surface area contributed by atoms with Gasteiger partial charge in [-0.1, -0.05) is 48.0 Å². The minimum absolute atomic E-state index is 0.0448. The number of nitrogens with zero attached hydrogens (tertiary/aromatic N) is 5. The molecule has 3 aromatic carbocycles. The number of piperidine rings is 1. The van der Waals surface area contributed by atoms with Crippen molar-refractivity contribution in [1.82, 2.24) is 19.5 Å². The fourth-order valence-electron chi connectivity index (χ4n) is 4.93. The minimum atomic E-state index is -4.70. The van der Waals surface area contributed by atoms with Gasteiger partial charge in [-0.3, -0.25) is 5.01 Å². The predicted octanol–water partition coefficient (Wildman–Crippen LogP) is 6.50. The largest absolute Gasteiger partial charge is 0.449 e. The van der Waals surface area contributed by atoms with Crippen molar-refractivity contribution in [3.05, 3.63) is 102 Å². The molecule has 264 valence electrons. The third kappa shape index (κ3) is 9.37. The summed E-state index contributed by atoms with van der Waals surface area (Å²) in [5.74, 6) is -0.632. The maximum Gasteiger partial charge on any atom is 0.435 e. The Morgan fingerprint density at radius 3 is 2.30 bits per heavy atom. The SMILES string of the molecule is Cc1ccc(-c2cc(C(F)(F)F)nn2-c2ccc(S(=O)(=O)NC(=O)OCC3CCN(/N=N\OC(C)OC(=O)c4ccccc4)CC3)cc2)cc1. The van der Waals surface area contributed by atoms with E-state index in [9.17, 15) is 31.2 Å². The highest BCUT2D eigenvalue weighted by Crippen LogP contribution is 2.33. The number of halogens is 3. The van der Waals surface area contributed by atoms with Crippen LogP contribution in [0, 0.1) is 12.8 Å². The number of sulfonamides is 1. The summed E-state index contributed by atoms with van der Waals surface area (Å²) in [6.07, 6.45) is -5.71. The van der Waals surface area contributed by atoms with Crippen molar-refractivity contribution in [3.8, 4) is 16.9 Å². The van der Waals surface area contributed by atoms with E-state index in [2.05, 4.69) is 15.6 Å². The first kappa shape index (κ1) is 35.8. The summed E-state index contributed by atoms with van der Waals surface area (Å²) in [5.41, 5.74) is 1.01. The van der Waals surface area contributed by atoms with E-state index in [0.29, 0.717) is 37.1 Å². The first-order valence-corrected chi connectivity index (χ1v) is 16.9. The van der Waals surface area contributed by atoms with Gasteiger partial charge in [0, 0.05) is 30.9 Å². The lowest BCUT2D eigenvalue weighted by molar-refractivity contribution is -0.141. The summed E-state index contributed by atoms with van der Waals surface area (Å²) in [6.45, 7) is 4.22. The van der Waals surface area contributed by atoms with Crippen LogP contribution in [0.5, 0.6) is 0 Å². The number of carbonyl (C=O) groups is 2. The Bertz CT molecular complexity index is 1910.